The summed E-state index contributed by atoms with van der Waals surface area (Å²) in [5.74, 6) is 0.883. The number of thiophene rings is 1. The average molecular weight is 495 g/mol. The van der Waals surface area contributed by atoms with Crippen molar-refractivity contribution in [3.63, 3.8) is 0 Å². The third-order valence-electron chi connectivity index (χ3n) is 6.56. The minimum Gasteiger partial charge on any atom is -0.378 e. The number of nitrogens with one attached hydrogen (secondary N) is 4. The lowest BCUT2D eigenvalue weighted by atomic mass is 10.0. The molecule has 2 aliphatic heterocycles. The van der Waals surface area contributed by atoms with Crippen molar-refractivity contribution in [2.75, 3.05) is 5.32 Å². The quantitative estimate of drug-likeness (QED) is 0.335. The number of hydrogen-bond donors (Lipinski definition) is 4. The zero-order valence-corrected chi connectivity index (χ0v) is 20.0. The summed E-state index contributed by atoms with van der Waals surface area (Å²) in [6.07, 6.45) is 11.1. The van der Waals surface area contributed by atoms with Crippen molar-refractivity contribution in [3.05, 3.63) is 87.7 Å². The van der Waals surface area contributed by atoms with Gasteiger partial charge in [-0.3, -0.25) is 14.8 Å². The standard InChI is InChI=1S/C26H22N8OS/c35-26(14-3-4-14)31-17-8-15(10-27-13-17)20-9-18-16(11-29-20)12-30-34-22(18)25-32-19-5-6-28-24(23(19)33-25)21-2-1-7-36-21/h1-2,5-11,13-14,24,28,30H,3-4,12H2,(H,31,35)(H,32,33). The number of imidazole rings is 1. The largest absolute Gasteiger partial charge is 0.378 e. The Morgan fingerprint density at radius 2 is 2.11 bits per heavy atom. The third-order valence-corrected chi connectivity index (χ3v) is 7.49. The van der Waals surface area contributed by atoms with Gasteiger partial charge >= 0.3 is 0 Å². The van der Waals surface area contributed by atoms with Gasteiger partial charge in [0, 0.05) is 39.9 Å². The maximum atomic E-state index is 12.2. The highest BCUT2D eigenvalue weighted by molar-refractivity contribution is 7.10. The highest BCUT2D eigenvalue weighted by Gasteiger charge is 2.30. The number of aromatic nitrogens is 4. The number of pyridine rings is 2. The zero-order chi connectivity index (χ0) is 24.1. The molecule has 10 heteroatoms. The second-order valence-corrected chi connectivity index (χ2v) is 10.1. The Hall–Kier alpha value is -4.31. The molecular weight excluding hydrogens is 472 g/mol. The summed E-state index contributed by atoms with van der Waals surface area (Å²) in [7, 11) is 0. The number of amides is 1. The van der Waals surface area contributed by atoms with E-state index in [4.69, 9.17) is 4.98 Å². The van der Waals surface area contributed by atoms with Crippen LogP contribution in [0.25, 0.3) is 17.3 Å². The molecule has 1 unspecified atom stereocenters. The van der Waals surface area contributed by atoms with E-state index in [1.165, 1.54) is 4.88 Å². The molecule has 4 aromatic heterocycles. The summed E-state index contributed by atoms with van der Waals surface area (Å²) in [4.78, 5) is 30.8. The fraction of sp³-hybridized carbons (Fsp3) is 0.192. The first-order valence-electron chi connectivity index (χ1n) is 11.9. The first-order valence-corrected chi connectivity index (χ1v) is 12.7. The van der Waals surface area contributed by atoms with Crippen LogP contribution >= 0.6 is 11.3 Å². The van der Waals surface area contributed by atoms with Gasteiger partial charge < -0.3 is 21.0 Å². The molecule has 3 aliphatic rings. The van der Waals surface area contributed by atoms with E-state index in [0.29, 0.717) is 18.1 Å². The molecule has 4 aromatic rings. The molecule has 0 radical (unpaired) electrons. The summed E-state index contributed by atoms with van der Waals surface area (Å²) in [6, 6.07) is 8.13. The van der Waals surface area contributed by atoms with Crippen molar-refractivity contribution >= 4 is 34.7 Å². The highest BCUT2D eigenvalue weighted by atomic mass is 32.1. The normalized spacial score (nSPS) is 17.9. The number of hydrogen-bond acceptors (Lipinski definition) is 8. The number of aromatic amines is 1. The maximum Gasteiger partial charge on any atom is 0.227 e. The predicted molar refractivity (Wildman–Crippen MR) is 138 cm³/mol. The lowest BCUT2D eigenvalue weighted by molar-refractivity contribution is -0.117. The van der Waals surface area contributed by atoms with Gasteiger partial charge in [-0.15, -0.1) is 11.3 Å². The first-order chi connectivity index (χ1) is 17.7. The van der Waals surface area contributed by atoms with E-state index in [0.717, 1.165) is 52.3 Å². The Bertz CT molecular complexity index is 1530. The fourth-order valence-corrected chi connectivity index (χ4v) is 5.32. The highest BCUT2D eigenvalue weighted by Crippen LogP contribution is 2.32. The minimum absolute atomic E-state index is 0.0236. The lowest BCUT2D eigenvalue weighted by Gasteiger charge is -2.19. The molecule has 1 saturated carbocycles. The molecule has 1 aliphatic carbocycles. The molecule has 0 bridgehead atoms. The van der Waals surface area contributed by atoms with Crippen LogP contribution in [0.4, 0.5) is 5.69 Å². The number of anilines is 1. The summed E-state index contributed by atoms with van der Waals surface area (Å²) >= 11 is 1.71. The molecule has 1 atom stereocenters. The summed E-state index contributed by atoms with van der Waals surface area (Å²) < 4.78 is 0. The molecular formula is C26H22N8OS. The Kier molecular flexibility index (Phi) is 4.91. The van der Waals surface area contributed by atoms with Gasteiger partial charge in [0.05, 0.1) is 35.5 Å². The van der Waals surface area contributed by atoms with Crippen LogP contribution in [0.3, 0.4) is 0 Å². The van der Waals surface area contributed by atoms with E-state index in [2.05, 4.69) is 53.6 Å². The van der Waals surface area contributed by atoms with E-state index >= 15 is 0 Å². The van der Waals surface area contributed by atoms with Crippen molar-refractivity contribution in [3.8, 4) is 11.3 Å². The third kappa shape index (κ3) is 3.75. The smallest absolute Gasteiger partial charge is 0.227 e. The van der Waals surface area contributed by atoms with Crippen LogP contribution in [0.2, 0.25) is 0 Å². The topological polar surface area (TPSA) is 120 Å². The van der Waals surface area contributed by atoms with Crippen molar-refractivity contribution < 1.29 is 4.79 Å². The zero-order valence-electron chi connectivity index (χ0n) is 19.2. The second kappa shape index (κ2) is 8.42. The molecule has 4 N–H and O–H groups in total. The number of hydrazone groups is 1. The van der Waals surface area contributed by atoms with Gasteiger partial charge in [-0.1, -0.05) is 6.07 Å². The van der Waals surface area contributed by atoms with Crippen LogP contribution in [0.1, 0.15) is 52.1 Å². The molecule has 178 valence electrons. The Morgan fingerprint density at radius 3 is 2.97 bits per heavy atom. The summed E-state index contributed by atoms with van der Waals surface area (Å²) in [5, 5.41) is 13.1. The summed E-state index contributed by atoms with van der Waals surface area (Å²) in [5.41, 5.74) is 10.0. The number of rotatable bonds is 5. The van der Waals surface area contributed by atoms with Gasteiger partial charge in [-0.2, -0.15) is 5.10 Å². The van der Waals surface area contributed by atoms with Gasteiger partial charge in [-0.05, 0) is 48.7 Å². The van der Waals surface area contributed by atoms with Crippen LogP contribution in [-0.2, 0) is 11.3 Å². The van der Waals surface area contributed by atoms with Gasteiger partial charge in [-0.25, -0.2) is 4.98 Å². The molecule has 6 heterocycles. The average Bonchev–Trinajstić information content (AvgIpc) is 3.45. The first kappa shape index (κ1) is 21.0. The molecule has 9 nitrogen and oxygen atoms in total. The van der Waals surface area contributed by atoms with Gasteiger partial charge in [0.1, 0.15) is 11.8 Å². The number of carbonyl (C=O) groups is 1. The molecule has 36 heavy (non-hydrogen) atoms. The minimum atomic E-state index is 0.0236. The van der Waals surface area contributed by atoms with Crippen LogP contribution < -0.4 is 16.1 Å². The van der Waals surface area contributed by atoms with E-state index in [1.54, 1.807) is 23.7 Å². The van der Waals surface area contributed by atoms with Crippen LogP contribution in [0.15, 0.2) is 59.5 Å². The van der Waals surface area contributed by atoms with E-state index in [1.807, 2.05) is 30.6 Å². The summed E-state index contributed by atoms with van der Waals surface area (Å²) in [6.45, 7) is 0.585. The van der Waals surface area contributed by atoms with Gasteiger partial charge in [0.25, 0.3) is 0 Å². The molecule has 1 amide bonds. The number of H-pyrrole nitrogens is 1. The fourth-order valence-electron chi connectivity index (χ4n) is 4.53. The molecule has 7 rings (SSSR count). The number of fused-ring (bicyclic) bond motifs is 2. The molecule has 0 saturated heterocycles. The molecule has 0 aromatic carbocycles. The monoisotopic (exact) mass is 494 g/mol. The Balaban J connectivity index is 1.23. The molecule has 1 fully saturated rings. The SMILES string of the molecule is O=C(Nc1cncc(-c2cc3c(cn2)CNN=C3c2nc3c([nH]2)C(c2cccs2)NC=C3)c1)C1CC1. The van der Waals surface area contributed by atoms with Gasteiger partial charge in [0.15, 0.2) is 5.82 Å². The van der Waals surface area contributed by atoms with Crippen molar-refractivity contribution in [2.45, 2.75) is 25.4 Å². The Morgan fingerprint density at radius 1 is 1.17 bits per heavy atom. The van der Waals surface area contributed by atoms with Crippen molar-refractivity contribution in [2.24, 2.45) is 11.0 Å². The molecule has 0 spiro atoms. The van der Waals surface area contributed by atoms with E-state index < -0.39 is 0 Å². The van der Waals surface area contributed by atoms with E-state index in [-0.39, 0.29) is 17.9 Å². The maximum absolute atomic E-state index is 12.2. The van der Waals surface area contributed by atoms with Crippen molar-refractivity contribution in [1.29, 1.82) is 0 Å². The lowest BCUT2D eigenvalue weighted by Crippen LogP contribution is -2.23. The number of carbonyl (C=O) groups excluding carboxylic acids is 1. The van der Waals surface area contributed by atoms with Crippen LogP contribution in [-0.4, -0.2) is 31.6 Å². The Labute approximate surface area is 210 Å². The predicted octanol–water partition coefficient (Wildman–Crippen LogP) is 3.80. The van der Waals surface area contributed by atoms with Crippen LogP contribution in [0.5, 0.6) is 0 Å². The van der Waals surface area contributed by atoms with E-state index in [9.17, 15) is 4.79 Å². The second-order valence-electron chi connectivity index (χ2n) is 9.08. The number of nitrogens with zero attached hydrogens (tertiary/aromatic N) is 4. The van der Waals surface area contributed by atoms with Crippen molar-refractivity contribution in [1.82, 2.24) is 30.7 Å². The van der Waals surface area contributed by atoms with Crippen LogP contribution in [0, 0.1) is 5.92 Å². The van der Waals surface area contributed by atoms with Gasteiger partial charge in [0.2, 0.25) is 5.91 Å².